The van der Waals surface area contributed by atoms with Crippen LogP contribution in [0.2, 0.25) is 0 Å². The Morgan fingerprint density at radius 1 is 0.917 bits per heavy atom. The molecule has 0 bridgehead atoms. The molecule has 1 aromatic rings. The van der Waals surface area contributed by atoms with Crippen LogP contribution in [0, 0.1) is 0 Å². The zero-order chi connectivity index (χ0) is 26.9. The van der Waals surface area contributed by atoms with Crippen LogP contribution in [0.4, 0.5) is 0 Å². The summed E-state index contributed by atoms with van der Waals surface area (Å²) in [5.41, 5.74) is 22.9. The van der Waals surface area contributed by atoms with Crippen LogP contribution in [0.1, 0.15) is 37.7 Å². The predicted octanol–water partition coefficient (Wildman–Crippen LogP) is -2.09. The van der Waals surface area contributed by atoms with E-state index >= 15 is 0 Å². The van der Waals surface area contributed by atoms with Gasteiger partial charge in [-0.2, -0.15) is 0 Å². The molecule has 1 rings (SSSR count). The van der Waals surface area contributed by atoms with Crippen molar-refractivity contribution in [2.45, 2.75) is 56.7 Å². The molecule has 0 saturated carbocycles. The molecule has 1 aromatic carbocycles. The van der Waals surface area contributed by atoms with Gasteiger partial charge in [0, 0.05) is 6.54 Å². The van der Waals surface area contributed by atoms with Crippen molar-refractivity contribution in [3.8, 4) is 0 Å². The molecule has 0 aromatic heterocycles. The molecule has 0 aliphatic heterocycles. The van der Waals surface area contributed by atoms with E-state index in [2.05, 4.69) is 20.9 Å². The number of amides is 3. The van der Waals surface area contributed by atoms with E-state index in [0.717, 1.165) is 5.56 Å². The number of nitrogens with one attached hydrogen (secondary N) is 3. The van der Waals surface area contributed by atoms with Crippen molar-refractivity contribution < 1.29 is 24.3 Å². The van der Waals surface area contributed by atoms with Gasteiger partial charge in [-0.1, -0.05) is 30.3 Å². The minimum absolute atomic E-state index is 0.0963. The van der Waals surface area contributed by atoms with Gasteiger partial charge in [0.05, 0.1) is 12.6 Å². The summed E-state index contributed by atoms with van der Waals surface area (Å²) in [4.78, 5) is 52.9. The molecule has 13 nitrogen and oxygen atoms in total. The van der Waals surface area contributed by atoms with E-state index in [0.29, 0.717) is 25.8 Å². The Hall–Kier alpha value is -3.71. The van der Waals surface area contributed by atoms with Gasteiger partial charge in [0.15, 0.2) is 5.96 Å². The van der Waals surface area contributed by atoms with E-state index < -0.39 is 48.4 Å². The molecule has 0 aliphatic carbocycles. The second kappa shape index (κ2) is 16.8. The van der Waals surface area contributed by atoms with Crippen molar-refractivity contribution in [3.05, 3.63) is 35.9 Å². The molecule has 36 heavy (non-hydrogen) atoms. The Morgan fingerprint density at radius 3 is 2.19 bits per heavy atom. The quantitative estimate of drug-likeness (QED) is 0.0655. The van der Waals surface area contributed by atoms with Gasteiger partial charge in [0.2, 0.25) is 17.7 Å². The number of carbonyl (C=O) groups excluding carboxylic acids is 3. The highest BCUT2D eigenvalue weighted by molar-refractivity contribution is 5.92. The number of carbonyl (C=O) groups is 4. The highest BCUT2D eigenvalue weighted by Gasteiger charge is 2.25. The number of aliphatic carboxylic acids is 1. The van der Waals surface area contributed by atoms with Gasteiger partial charge in [-0.15, -0.1) is 0 Å². The minimum atomic E-state index is -1.18. The summed E-state index contributed by atoms with van der Waals surface area (Å²) in [6.07, 6.45) is 2.22. The first-order valence-corrected chi connectivity index (χ1v) is 11.8. The van der Waals surface area contributed by atoms with Gasteiger partial charge >= 0.3 is 5.97 Å². The number of hydrogen-bond donors (Lipinski definition) is 8. The van der Waals surface area contributed by atoms with Crippen LogP contribution in [0.25, 0.3) is 0 Å². The van der Waals surface area contributed by atoms with Crippen molar-refractivity contribution in [1.82, 2.24) is 16.0 Å². The average Bonchev–Trinajstić information content (AvgIpc) is 2.84. The smallest absolute Gasteiger partial charge is 0.326 e. The van der Waals surface area contributed by atoms with E-state index in [9.17, 15) is 24.3 Å². The van der Waals surface area contributed by atoms with E-state index in [-0.39, 0.29) is 31.8 Å². The van der Waals surface area contributed by atoms with Gasteiger partial charge in [-0.25, -0.2) is 4.79 Å². The molecule has 0 aliphatic rings. The number of nitrogens with two attached hydrogens (primary N) is 4. The Bertz CT molecular complexity index is 877. The monoisotopic (exact) mass is 506 g/mol. The van der Waals surface area contributed by atoms with Gasteiger partial charge < -0.3 is 44.0 Å². The lowest BCUT2D eigenvalue weighted by molar-refractivity contribution is -0.142. The molecule has 12 N–H and O–H groups in total. The Balaban J connectivity index is 2.71. The normalized spacial score (nSPS) is 13.1. The summed E-state index contributed by atoms with van der Waals surface area (Å²) >= 11 is 0. The standard InChI is InChI=1S/C23H38N8O5/c24-11-5-4-9-18(22(35)36)30-19(32)14-29-21(34)17(10-6-12-28-23(26)27)31-20(33)16(25)13-15-7-2-1-3-8-15/h1-3,7-8,16-18H,4-6,9-14,24-25H2,(H,29,34)(H,30,32)(H,31,33)(H,35,36)(H4,26,27,28). The Morgan fingerprint density at radius 2 is 1.58 bits per heavy atom. The highest BCUT2D eigenvalue weighted by Crippen LogP contribution is 2.05. The summed E-state index contributed by atoms with van der Waals surface area (Å²) in [5.74, 6) is -3.10. The maximum atomic E-state index is 12.8. The molecular formula is C23H38N8O5. The molecule has 0 radical (unpaired) electrons. The number of nitrogens with zero attached hydrogens (tertiary/aromatic N) is 1. The number of benzene rings is 1. The summed E-state index contributed by atoms with van der Waals surface area (Å²) in [5, 5.41) is 16.7. The summed E-state index contributed by atoms with van der Waals surface area (Å²) in [6.45, 7) is 0.194. The lowest BCUT2D eigenvalue weighted by atomic mass is 10.0. The summed E-state index contributed by atoms with van der Waals surface area (Å²) < 4.78 is 0. The fourth-order valence-corrected chi connectivity index (χ4v) is 3.30. The Kier molecular flexibility index (Phi) is 14.2. The third-order valence-electron chi connectivity index (χ3n) is 5.22. The molecule has 0 spiro atoms. The van der Waals surface area contributed by atoms with Crippen molar-refractivity contribution >= 4 is 29.7 Å². The van der Waals surface area contributed by atoms with E-state index in [4.69, 9.17) is 22.9 Å². The third kappa shape index (κ3) is 12.7. The fraction of sp³-hybridized carbons (Fsp3) is 0.522. The van der Waals surface area contributed by atoms with Crippen LogP contribution in [0.5, 0.6) is 0 Å². The van der Waals surface area contributed by atoms with Crippen molar-refractivity contribution in [1.29, 1.82) is 0 Å². The number of unbranched alkanes of at least 4 members (excludes halogenated alkanes) is 1. The fourth-order valence-electron chi connectivity index (χ4n) is 3.30. The molecule has 13 heteroatoms. The van der Waals surface area contributed by atoms with Gasteiger partial charge in [0.1, 0.15) is 12.1 Å². The number of hydrogen-bond acceptors (Lipinski definition) is 7. The van der Waals surface area contributed by atoms with Crippen molar-refractivity contribution in [2.75, 3.05) is 19.6 Å². The van der Waals surface area contributed by atoms with Gasteiger partial charge in [-0.3, -0.25) is 19.4 Å². The first-order valence-electron chi connectivity index (χ1n) is 11.8. The molecule has 3 amide bonds. The largest absolute Gasteiger partial charge is 0.480 e. The maximum Gasteiger partial charge on any atom is 0.326 e. The number of guanidine groups is 1. The summed E-state index contributed by atoms with van der Waals surface area (Å²) in [7, 11) is 0. The van der Waals surface area contributed by atoms with Gasteiger partial charge in [-0.05, 0) is 50.6 Å². The molecule has 3 atom stereocenters. The Labute approximate surface area is 210 Å². The first kappa shape index (κ1) is 30.3. The van der Waals surface area contributed by atoms with Gasteiger partial charge in [0.25, 0.3) is 0 Å². The van der Waals surface area contributed by atoms with E-state index in [1.54, 1.807) is 0 Å². The molecule has 0 heterocycles. The number of rotatable bonds is 17. The number of carboxylic acids is 1. The minimum Gasteiger partial charge on any atom is -0.480 e. The number of carboxylic acid groups (broad SMARTS) is 1. The highest BCUT2D eigenvalue weighted by atomic mass is 16.4. The van der Waals surface area contributed by atoms with E-state index in [1.165, 1.54) is 0 Å². The molecular weight excluding hydrogens is 468 g/mol. The number of aliphatic imine (C=N–C) groups is 1. The van der Waals surface area contributed by atoms with Crippen molar-refractivity contribution in [2.24, 2.45) is 27.9 Å². The second-order valence-corrected chi connectivity index (χ2v) is 8.27. The topological polar surface area (TPSA) is 241 Å². The van der Waals surface area contributed by atoms with Crippen LogP contribution >= 0.6 is 0 Å². The van der Waals surface area contributed by atoms with Crippen molar-refractivity contribution in [3.63, 3.8) is 0 Å². The zero-order valence-corrected chi connectivity index (χ0v) is 20.3. The molecule has 200 valence electrons. The average molecular weight is 507 g/mol. The first-order chi connectivity index (χ1) is 17.1. The SMILES string of the molecule is NCCCCC(NC(=O)CNC(=O)C(CCCN=C(N)N)NC(=O)C(N)Cc1ccccc1)C(=O)O. The van der Waals surface area contributed by atoms with Crippen LogP contribution in [0.3, 0.4) is 0 Å². The lowest BCUT2D eigenvalue weighted by Gasteiger charge is -2.21. The maximum absolute atomic E-state index is 12.8. The molecule has 0 fully saturated rings. The zero-order valence-electron chi connectivity index (χ0n) is 20.3. The van der Waals surface area contributed by atoms with Crippen LogP contribution < -0.4 is 38.9 Å². The lowest BCUT2D eigenvalue weighted by Crippen LogP contribution is -2.53. The third-order valence-corrected chi connectivity index (χ3v) is 5.22. The molecule has 3 unspecified atom stereocenters. The van der Waals surface area contributed by atoms with Crippen LogP contribution in [-0.2, 0) is 25.6 Å². The molecule has 0 saturated heterocycles. The van der Waals surface area contributed by atoms with E-state index in [1.807, 2.05) is 30.3 Å². The second-order valence-electron chi connectivity index (χ2n) is 8.27. The summed E-state index contributed by atoms with van der Waals surface area (Å²) in [6, 6.07) is 6.20. The predicted molar refractivity (Wildman–Crippen MR) is 135 cm³/mol. The van der Waals surface area contributed by atoms with Crippen LogP contribution in [-0.4, -0.2) is 72.5 Å². The van der Waals surface area contributed by atoms with Crippen LogP contribution in [0.15, 0.2) is 35.3 Å².